The monoisotopic (exact) mass is 248 g/mol. The van der Waals surface area contributed by atoms with Gasteiger partial charge in [-0.25, -0.2) is 4.79 Å². The van der Waals surface area contributed by atoms with E-state index in [1.165, 1.54) is 0 Å². The van der Waals surface area contributed by atoms with Crippen molar-refractivity contribution in [1.29, 1.82) is 0 Å². The van der Waals surface area contributed by atoms with Crippen LogP contribution in [0.2, 0.25) is 0 Å². The summed E-state index contributed by atoms with van der Waals surface area (Å²) in [4.78, 5) is 17.6. The number of hydrogen-bond acceptors (Lipinski definition) is 4. The fraction of sp³-hybridized carbons (Fsp3) is 0.385. The van der Waals surface area contributed by atoms with E-state index >= 15 is 0 Å². The second-order valence-corrected chi connectivity index (χ2v) is 3.94. The molecule has 5 heteroatoms. The van der Waals surface area contributed by atoms with Crippen LogP contribution in [0.5, 0.6) is 0 Å². The number of amides is 1. The Morgan fingerprint density at radius 2 is 2.17 bits per heavy atom. The Morgan fingerprint density at radius 1 is 1.39 bits per heavy atom. The highest BCUT2D eigenvalue weighted by atomic mass is 16.6. The van der Waals surface area contributed by atoms with Crippen LogP contribution in [0.15, 0.2) is 35.3 Å². The minimum Gasteiger partial charge on any atom is -0.483 e. The molecule has 0 spiro atoms. The number of rotatable bonds is 2. The third-order valence-electron chi connectivity index (χ3n) is 2.68. The van der Waals surface area contributed by atoms with E-state index in [0.29, 0.717) is 25.5 Å². The summed E-state index contributed by atoms with van der Waals surface area (Å²) in [7, 11) is 1.55. The molecule has 0 saturated heterocycles. The molecular weight excluding hydrogens is 232 g/mol. The van der Waals surface area contributed by atoms with Gasteiger partial charge >= 0.3 is 6.09 Å². The van der Waals surface area contributed by atoms with Crippen molar-refractivity contribution in [1.82, 2.24) is 4.90 Å². The number of hydrogen-bond donors (Lipinski definition) is 0. The van der Waals surface area contributed by atoms with Crippen molar-refractivity contribution in [3.05, 3.63) is 35.9 Å². The molecular formula is C13H16N2O3. The van der Waals surface area contributed by atoms with Crippen molar-refractivity contribution in [2.45, 2.75) is 6.61 Å². The summed E-state index contributed by atoms with van der Waals surface area (Å²) >= 11 is 0. The highest BCUT2D eigenvalue weighted by Gasteiger charge is 2.20. The molecule has 0 radical (unpaired) electrons. The van der Waals surface area contributed by atoms with Gasteiger partial charge in [-0.3, -0.25) is 9.89 Å². The number of methoxy groups -OCH3 is 1. The molecule has 1 aliphatic rings. The van der Waals surface area contributed by atoms with Gasteiger partial charge in [-0.15, -0.1) is 0 Å². The summed E-state index contributed by atoms with van der Waals surface area (Å²) in [5, 5.41) is 0. The van der Waals surface area contributed by atoms with Gasteiger partial charge < -0.3 is 9.47 Å². The molecule has 1 amide bonds. The SMILES string of the molecule is COC1=NCCN(C(=O)OCc2ccccc2)C1. The average Bonchev–Trinajstić information content (AvgIpc) is 2.46. The summed E-state index contributed by atoms with van der Waals surface area (Å²) in [6.07, 6.45) is -0.330. The first-order valence-corrected chi connectivity index (χ1v) is 5.82. The van der Waals surface area contributed by atoms with E-state index in [0.717, 1.165) is 5.56 Å². The standard InChI is InChI=1S/C13H16N2O3/c1-17-12-9-15(8-7-14-12)13(16)18-10-11-5-3-2-4-6-11/h2-6H,7-10H2,1H3. The fourth-order valence-corrected chi connectivity index (χ4v) is 1.68. The molecule has 0 fully saturated rings. The maximum atomic E-state index is 11.8. The summed E-state index contributed by atoms with van der Waals surface area (Å²) in [6, 6.07) is 9.60. The summed E-state index contributed by atoms with van der Waals surface area (Å²) in [6.45, 7) is 1.80. The Kier molecular flexibility index (Phi) is 4.17. The average molecular weight is 248 g/mol. The van der Waals surface area contributed by atoms with Crippen LogP contribution >= 0.6 is 0 Å². The van der Waals surface area contributed by atoms with E-state index in [2.05, 4.69) is 4.99 Å². The molecule has 1 aliphatic heterocycles. The predicted octanol–water partition coefficient (Wildman–Crippen LogP) is 1.68. The first-order valence-electron chi connectivity index (χ1n) is 5.82. The quantitative estimate of drug-likeness (QED) is 0.800. The van der Waals surface area contributed by atoms with Crippen molar-refractivity contribution in [3.8, 4) is 0 Å². The maximum absolute atomic E-state index is 11.8. The third-order valence-corrected chi connectivity index (χ3v) is 2.68. The van der Waals surface area contributed by atoms with Crippen molar-refractivity contribution >= 4 is 12.0 Å². The summed E-state index contributed by atoms with van der Waals surface area (Å²) in [5.74, 6) is 0.568. The first kappa shape index (κ1) is 12.4. The molecule has 1 aromatic rings. The van der Waals surface area contributed by atoms with E-state index in [-0.39, 0.29) is 12.7 Å². The Balaban J connectivity index is 1.84. The largest absolute Gasteiger partial charge is 0.483 e. The second-order valence-electron chi connectivity index (χ2n) is 3.94. The third kappa shape index (κ3) is 3.23. The molecule has 0 aromatic heterocycles. The van der Waals surface area contributed by atoms with Crippen molar-refractivity contribution in [2.24, 2.45) is 4.99 Å². The van der Waals surface area contributed by atoms with Crippen LogP contribution in [0.4, 0.5) is 4.79 Å². The van der Waals surface area contributed by atoms with Gasteiger partial charge in [-0.2, -0.15) is 0 Å². The number of ether oxygens (including phenoxy) is 2. The Morgan fingerprint density at radius 3 is 2.89 bits per heavy atom. The first-order chi connectivity index (χ1) is 8.79. The van der Waals surface area contributed by atoms with Gasteiger partial charge in [0.05, 0.1) is 20.2 Å². The predicted molar refractivity (Wildman–Crippen MR) is 67.5 cm³/mol. The fourth-order valence-electron chi connectivity index (χ4n) is 1.68. The summed E-state index contributed by atoms with van der Waals surface area (Å²) in [5.41, 5.74) is 0.975. The summed E-state index contributed by atoms with van der Waals surface area (Å²) < 4.78 is 10.3. The van der Waals surface area contributed by atoms with Gasteiger partial charge in [-0.1, -0.05) is 30.3 Å². The lowest BCUT2D eigenvalue weighted by Gasteiger charge is -2.24. The normalized spacial score (nSPS) is 14.9. The van der Waals surface area contributed by atoms with Crippen LogP contribution in [-0.2, 0) is 16.1 Å². The van der Waals surface area contributed by atoms with Gasteiger partial charge in [-0.05, 0) is 5.56 Å². The van der Waals surface area contributed by atoms with Gasteiger partial charge in [0.2, 0.25) is 5.90 Å². The molecule has 18 heavy (non-hydrogen) atoms. The van der Waals surface area contributed by atoms with Crippen LogP contribution in [0.1, 0.15) is 5.56 Å². The number of benzene rings is 1. The molecule has 5 nitrogen and oxygen atoms in total. The molecule has 96 valence electrons. The van der Waals surface area contributed by atoms with Crippen LogP contribution < -0.4 is 0 Å². The Hall–Kier alpha value is -2.04. The van der Waals surface area contributed by atoms with E-state index in [4.69, 9.17) is 9.47 Å². The highest BCUT2D eigenvalue weighted by molar-refractivity contribution is 5.83. The number of aliphatic imine (C=N–C) groups is 1. The van der Waals surface area contributed by atoms with E-state index < -0.39 is 0 Å². The van der Waals surface area contributed by atoms with E-state index in [1.54, 1.807) is 12.0 Å². The lowest BCUT2D eigenvalue weighted by molar-refractivity contribution is 0.0987. The molecule has 0 N–H and O–H groups in total. The van der Waals surface area contributed by atoms with Gasteiger partial charge in [0.1, 0.15) is 6.61 Å². The smallest absolute Gasteiger partial charge is 0.410 e. The number of nitrogens with zero attached hydrogens (tertiary/aromatic N) is 2. The molecule has 0 aliphatic carbocycles. The minimum atomic E-state index is -0.330. The van der Waals surface area contributed by atoms with Crippen LogP contribution in [0.3, 0.4) is 0 Å². The van der Waals surface area contributed by atoms with E-state index in [1.807, 2.05) is 30.3 Å². The molecule has 2 rings (SSSR count). The lowest BCUT2D eigenvalue weighted by Crippen LogP contribution is -2.41. The van der Waals surface area contributed by atoms with Crippen LogP contribution in [-0.4, -0.2) is 43.6 Å². The zero-order chi connectivity index (χ0) is 12.8. The van der Waals surface area contributed by atoms with Gasteiger partial charge in [0, 0.05) is 6.54 Å². The molecule has 0 saturated carbocycles. The van der Waals surface area contributed by atoms with Gasteiger partial charge in [0.25, 0.3) is 0 Å². The van der Waals surface area contributed by atoms with Crippen molar-refractivity contribution in [3.63, 3.8) is 0 Å². The highest BCUT2D eigenvalue weighted by Crippen LogP contribution is 2.05. The topological polar surface area (TPSA) is 51.1 Å². The lowest BCUT2D eigenvalue weighted by atomic mass is 10.2. The molecule has 0 unspecified atom stereocenters. The number of carbonyl (C=O) groups excluding carboxylic acids is 1. The molecule has 0 atom stereocenters. The van der Waals surface area contributed by atoms with E-state index in [9.17, 15) is 4.79 Å². The Bertz CT molecular complexity index is 431. The molecule has 0 bridgehead atoms. The van der Waals surface area contributed by atoms with Crippen LogP contribution in [0.25, 0.3) is 0 Å². The maximum Gasteiger partial charge on any atom is 0.410 e. The number of carbonyl (C=O) groups is 1. The zero-order valence-corrected chi connectivity index (χ0v) is 10.3. The second kappa shape index (κ2) is 6.05. The Labute approximate surface area is 106 Å². The van der Waals surface area contributed by atoms with Crippen molar-refractivity contribution in [2.75, 3.05) is 26.7 Å². The van der Waals surface area contributed by atoms with Crippen LogP contribution in [0, 0.1) is 0 Å². The molecule has 1 aromatic carbocycles. The minimum absolute atomic E-state index is 0.287. The van der Waals surface area contributed by atoms with Gasteiger partial charge in [0.15, 0.2) is 0 Å². The van der Waals surface area contributed by atoms with Crippen molar-refractivity contribution < 1.29 is 14.3 Å². The zero-order valence-electron chi connectivity index (χ0n) is 10.3. The molecule has 1 heterocycles.